The van der Waals surface area contributed by atoms with Crippen LogP contribution in [0.25, 0.3) is 0 Å². The van der Waals surface area contributed by atoms with Gasteiger partial charge in [0.05, 0.1) is 13.2 Å². The van der Waals surface area contributed by atoms with Gasteiger partial charge in [-0.1, -0.05) is 6.07 Å². The fourth-order valence-corrected chi connectivity index (χ4v) is 1.50. The van der Waals surface area contributed by atoms with E-state index in [1.807, 2.05) is 31.3 Å². The fraction of sp³-hybridized carbons (Fsp3) is 0.500. The van der Waals surface area contributed by atoms with Crippen LogP contribution >= 0.6 is 0 Å². The summed E-state index contributed by atoms with van der Waals surface area (Å²) in [6, 6.07) is 7.91. The van der Waals surface area contributed by atoms with Crippen LogP contribution in [0.3, 0.4) is 0 Å². The molecule has 0 heterocycles. The van der Waals surface area contributed by atoms with Crippen molar-refractivity contribution in [3.8, 4) is 5.75 Å². The second kappa shape index (κ2) is 6.35. The second-order valence-corrected chi connectivity index (χ2v) is 3.68. The number of nitrogens with zero attached hydrogens (tertiary/aromatic N) is 1. The minimum absolute atomic E-state index is 0.0520. The molecule has 1 atom stereocenters. The van der Waals surface area contributed by atoms with Crippen LogP contribution in [0.5, 0.6) is 5.75 Å². The molecule has 0 saturated heterocycles. The molecule has 0 fully saturated rings. The maximum atomic E-state index is 5.59. The standard InChI is InChI=1S/C12H20N2O2/c1-14(9-12(8-13)16-3)10-5-4-6-11(7-10)15-2/h4-7,12H,8-9,13H2,1-3H3. The summed E-state index contributed by atoms with van der Waals surface area (Å²) < 4.78 is 10.4. The van der Waals surface area contributed by atoms with Gasteiger partial charge in [0.1, 0.15) is 5.75 Å². The molecule has 1 aromatic rings. The van der Waals surface area contributed by atoms with Crippen molar-refractivity contribution < 1.29 is 9.47 Å². The SMILES string of the molecule is COc1cccc(N(C)CC(CN)OC)c1. The Bertz CT molecular complexity index is 314. The van der Waals surface area contributed by atoms with Gasteiger partial charge in [-0.2, -0.15) is 0 Å². The highest BCUT2D eigenvalue weighted by Crippen LogP contribution is 2.19. The van der Waals surface area contributed by atoms with Gasteiger partial charge in [0.2, 0.25) is 0 Å². The molecule has 0 aliphatic rings. The summed E-state index contributed by atoms with van der Waals surface area (Å²) in [4.78, 5) is 2.10. The first kappa shape index (κ1) is 12.8. The highest BCUT2D eigenvalue weighted by Gasteiger charge is 2.09. The molecule has 0 aliphatic carbocycles. The van der Waals surface area contributed by atoms with Crippen molar-refractivity contribution in [1.29, 1.82) is 0 Å². The zero-order valence-corrected chi connectivity index (χ0v) is 10.1. The predicted octanol–water partition coefficient (Wildman–Crippen LogP) is 1.11. The zero-order valence-electron chi connectivity index (χ0n) is 10.1. The van der Waals surface area contributed by atoms with Crippen LogP contribution < -0.4 is 15.4 Å². The third-order valence-electron chi connectivity index (χ3n) is 2.57. The van der Waals surface area contributed by atoms with Crippen LogP contribution in [-0.4, -0.2) is 40.5 Å². The van der Waals surface area contributed by atoms with Crippen LogP contribution in [0.15, 0.2) is 24.3 Å². The van der Waals surface area contributed by atoms with E-state index in [0.29, 0.717) is 6.54 Å². The quantitative estimate of drug-likeness (QED) is 0.786. The van der Waals surface area contributed by atoms with E-state index in [-0.39, 0.29) is 6.10 Å². The normalized spacial score (nSPS) is 12.2. The van der Waals surface area contributed by atoms with Crippen LogP contribution in [0.2, 0.25) is 0 Å². The molecule has 16 heavy (non-hydrogen) atoms. The van der Waals surface area contributed by atoms with Crippen molar-refractivity contribution in [3.63, 3.8) is 0 Å². The van der Waals surface area contributed by atoms with Crippen molar-refractivity contribution in [1.82, 2.24) is 0 Å². The van der Waals surface area contributed by atoms with Crippen molar-refractivity contribution >= 4 is 5.69 Å². The summed E-state index contributed by atoms with van der Waals surface area (Å²) in [5.41, 5.74) is 6.68. The number of anilines is 1. The number of hydrogen-bond acceptors (Lipinski definition) is 4. The summed E-state index contributed by atoms with van der Waals surface area (Å²) in [7, 11) is 5.35. The molecular formula is C12H20N2O2. The number of hydrogen-bond donors (Lipinski definition) is 1. The van der Waals surface area contributed by atoms with Gasteiger partial charge < -0.3 is 20.1 Å². The summed E-state index contributed by atoms with van der Waals surface area (Å²) in [5, 5.41) is 0. The topological polar surface area (TPSA) is 47.7 Å². The van der Waals surface area contributed by atoms with Crippen LogP contribution in [-0.2, 0) is 4.74 Å². The number of rotatable bonds is 6. The van der Waals surface area contributed by atoms with Crippen LogP contribution in [0, 0.1) is 0 Å². The lowest BCUT2D eigenvalue weighted by atomic mass is 10.2. The number of likely N-dealkylation sites (N-methyl/N-ethyl adjacent to an activating group) is 1. The Hall–Kier alpha value is -1.26. The third kappa shape index (κ3) is 3.40. The van der Waals surface area contributed by atoms with E-state index in [1.165, 1.54) is 0 Å². The van der Waals surface area contributed by atoms with E-state index >= 15 is 0 Å². The molecule has 0 bridgehead atoms. The smallest absolute Gasteiger partial charge is 0.120 e. The molecule has 0 spiro atoms. The van der Waals surface area contributed by atoms with Crippen LogP contribution in [0.4, 0.5) is 5.69 Å². The highest BCUT2D eigenvalue weighted by atomic mass is 16.5. The first-order chi connectivity index (χ1) is 7.71. The molecule has 4 heteroatoms. The minimum atomic E-state index is 0.0520. The molecule has 0 saturated carbocycles. The zero-order chi connectivity index (χ0) is 12.0. The van der Waals surface area contributed by atoms with Gasteiger partial charge in [0, 0.05) is 39.0 Å². The summed E-state index contributed by atoms with van der Waals surface area (Å²) in [6.07, 6.45) is 0.0520. The first-order valence-corrected chi connectivity index (χ1v) is 5.29. The lowest BCUT2D eigenvalue weighted by Crippen LogP contribution is -2.35. The van der Waals surface area contributed by atoms with Gasteiger partial charge in [-0.25, -0.2) is 0 Å². The largest absolute Gasteiger partial charge is 0.497 e. The Kier molecular flexibility index (Phi) is 5.08. The molecule has 0 radical (unpaired) electrons. The Morgan fingerprint density at radius 3 is 2.69 bits per heavy atom. The van der Waals surface area contributed by atoms with Crippen molar-refractivity contribution in [2.45, 2.75) is 6.10 Å². The van der Waals surface area contributed by atoms with Crippen molar-refractivity contribution in [2.75, 3.05) is 39.3 Å². The lowest BCUT2D eigenvalue weighted by molar-refractivity contribution is 0.115. The van der Waals surface area contributed by atoms with Gasteiger partial charge >= 0.3 is 0 Å². The average Bonchev–Trinajstić information content (AvgIpc) is 2.35. The molecular weight excluding hydrogens is 204 g/mol. The van der Waals surface area contributed by atoms with Crippen molar-refractivity contribution in [2.24, 2.45) is 5.73 Å². The van der Waals surface area contributed by atoms with Gasteiger partial charge in [-0.3, -0.25) is 0 Å². The molecule has 4 nitrogen and oxygen atoms in total. The van der Waals surface area contributed by atoms with Crippen LogP contribution in [0.1, 0.15) is 0 Å². The summed E-state index contributed by atoms with van der Waals surface area (Å²) in [6.45, 7) is 1.28. The molecule has 0 aromatic heterocycles. The monoisotopic (exact) mass is 224 g/mol. The molecule has 0 amide bonds. The summed E-state index contributed by atoms with van der Waals surface area (Å²) >= 11 is 0. The van der Waals surface area contributed by atoms with Gasteiger partial charge in [0.25, 0.3) is 0 Å². The molecule has 1 unspecified atom stereocenters. The third-order valence-corrected chi connectivity index (χ3v) is 2.57. The summed E-state index contributed by atoms with van der Waals surface area (Å²) in [5.74, 6) is 0.853. The number of ether oxygens (including phenoxy) is 2. The average molecular weight is 224 g/mol. The maximum Gasteiger partial charge on any atom is 0.120 e. The predicted molar refractivity (Wildman–Crippen MR) is 66.1 cm³/mol. The Morgan fingerprint density at radius 2 is 2.12 bits per heavy atom. The van der Waals surface area contributed by atoms with Crippen molar-refractivity contribution in [3.05, 3.63) is 24.3 Å². The molecule has 1 rings (SSSR count). The number of nitrogens with two attached hydrogens (primary N) is 1. The van der Waals surface area contributed by atoms with Gasteiger partial charge in [-0.05, 0) is 12.1 Å². The van der Waals surface area contributed by atoms with E-state index in [4.69, 9.17) is 15.2 Å². The first-order valence-electron chi connectivity index (χ1n) is 5.29. The fourth-order valence-electron chi connectivity index (χ4n) is 1.50. The minimum Gasteiger partial charge on any atom is -0.497 e. The van der Waals surface area contributed by atoms with E-state index in [1.54, 1.807) is 14.2 Å². The Morgan fingerprint density at radius 1 is 1.38 bits per heavy atom. The van der Waals surface area contributed by atoms with E-state index in [0.717, 1.165) is 18.0 Å². The molecule has 90 valence electrons. The maximum absolute atomic E-state index is 5.59. The van der Waals surface area contributed by atoms with E-state index < -0.39 is 0 Å². The van der Waals surface area contributed by atoms with E-state index in [9.17, 15) is 0 Å². The Balaban J connectivity index is 2.67. The second-order valence-electron chi connectivity index (χ2n) is 3.68. The number of benzene rings is 1. The Labute approximate surface area is 96.9 Å². The highest BCUT2D eigenvalue weighted by molar-refractivity contribution is 5.50. The van der Waals surface area contributed by atoms with Gasteiger partial charge in [0.15, 0.2) is 0 Å². The molecule has 2 N–H and O–H groups in total. The molecule has 0 aliphatic heterocycles. The lowest BCUT2D eigenvalue weighted by Gasteiger charge is -2.24. The number of methoxy groups -OCH3 is 2. The molecule has 1 aromatic carbocycles. The van der Waals surface area contributed by atoms with E-state index in [2.05, 4.69) is 4.90 Å². The van der Waals surface area contributed by atoms with Gasteiger partial charge in [-0.15, -0.1) is 0 Å².